The first kappa shape index (κ1) is 24.4. The average molecular weight is 460 g/mol. The Kier molecular flexibility index (Phi) is 7.53. The number of nitrogens with zero attached hydrogens (tertiary/aromatic N) is 1. The molecule has 9 heteroatoms. The molecule has 1 aromatic heterocycles. The van der Waals surface area contributed by atoms with E-state index in [0.717, 1.165) is 0 Å². The van der Waals surface area contributed by atoms with Gasteiger partial charge >= 0.3 is 5.97 Å². The number of amides is 1. The van der Waals surface area contributed by atoms with E-state index in [2.05, 4.69) is 10.3 Å². The number of carbonyl (C=O) groups is 3. The molecule has 2 aromatic rings. The minimum Gasteiger partial charge on any atom is -0.465 e. The molecule has 0 bridgehead atoms. The Morgan fingerprint density at radius 2 is 1.91 bits per heavy atom. The monoisotopic (exact) mass is 459 g/mol. The van der Waals surface area contributed by atoms with Crippen LogP contribution in [0.1, 0.15) is 58.4 Å². The maximum Gasteiger partial charge on any atom is 0.339 e. The molecule has 8 nitrogen and oxygen atoms in total. The second kappa shape index (κ2) is 10.2. The number of halogens is 1. The van der Waals surface area contributed by atoms with Crippen LogP contribution in [0.25, 0.3) is 0 Å². The van der Waals surface area contributed by atoms with Gasteiger partial charge in [0.2, 0.25) is 5.91 Å². The number of carbonyl (C=O) groups excluding carboxylic acids is 3. The molecule has 1 aliphatic rings. The largest absolute Gasteiger partial charge is 0.465 e. The first-order valence-corrected chi connectivity index (χ1v) is 10.9. The normalized spacial score (nSPS) is 18.2. The summed E-state index contributed by atoms with van der Waals surface area (Å²) >= 11 is 0. The molecule has 2 atom stereocenters. The topological polar surface area (TPSA) is 101 Å². The van der Waals surface area contributed by atoms with Crippen molar-refractivity contribution in [2.24, 2.45) is 0 Å². The highest BCUT2D eigenvalue weighted by Gasteiger charge is 2.25. The predicted molar refractivity (Wildman–Crippen MR) is 121 cm³/mol. The molecule has 0 spiro atoms. The van der Waals surface area contributed by atoms with Gasteiger partial charge in [0.1, 0.15) is 5.82 Å². The molecule has 1 fully saturated rings. The van der Waals surface area contributed by atoms with Gasteiger partial charge in [-0.25, -0.2) is 9.18 Å². The first-order chi connectivity index (χ1) is 15.6. The maximum absolute atomic E-state index is 14.8. The molecule has 3 rings (SSSR count). The molecular weight excluding hydrogens is 429 g/mol. The Bertz CT molecular complexity index is 1050. The quantitative estimate of drug-likeness (QED) is 0.488. The van der Waals surface area contributed by atoms with E-state index < -0.39 is 5.97 Å². The van der Waals surface area contributed by atoms with E-state index in [9.17, 15) is 18.8 Å². The lowest BCUT2D eigenvalue weighted by Crippen LogP contribution is -2.45. The number of methoxy groups -OCH3 is 1. The first-order valence-electron chi connectivity index (χ1n) is 10.9. The number of ketones is 1. The lowest BCUT2D eigenvalue weighted by atomic mass is 10.1. The van der Waals surface area contributed by atoms with Crippen molar-refractivity contribution in [1.82, 2.24) is 10.3 Å². The highest BCUT2D eigenvalue weighted by molar-refractivity contribution is 6.01. The second-order valence-corrected chi connectivity index (χ2v) is 8.43. The summed E-state index contributed by atoms with van der Waals surface area (Å²) in [6.45, 7) is 8.26. The zero-order chi connectivity index (χ0) is 24.3. The van der Waals surface area contributed by atoms with Crippen molar-refractivity contribution in [3.63, 3.8) is 0 Å². The number of hydrogen-bond donors (Lipinski definition) is 2. The van der Waals surface area contributed by atoms with E-state index >= 15 is 0 Å². The zero-order valence-electron chi connectivity index (χ0n) is 19.6. The Balaban J connectivity index is 1.67. The molecule has 2 heterocycles. The smallest absolute Gasteiger partial charge is 0.339 e. The molecule has 2 unspecified atom stereocenters. The number of aromatic amines is 1. The fourth-order valence-electron chi connectivity index (χ4n) is 4.24. The SMILES string of the molecule is COC(=O)c1c(CC(=O)NCc2ccc(N3CC(C)OC(C)C3)c(F)c2)[nH]c(C(C)=O)c1C. The summed E-state index contributed by atoms with van der Waals surface area (Å²) in [6.07, 6.45) is -0.118. The molecule has 178 valence electrons. The number of anilines is 1. The molecule has 33 heavy (non-hydrogen) atoms. The molecule has 0 saturated carbocycles. The van der Waals surface area contributed by atoms with Gasteiger partial charge in [0.25, 0.3) is 0 Å². The lowest BCUT2D eigenvalue weighted by Gasteiger charge is -2.37. The number of morpholine rings is 1. The van der Waals surface area contributed by atoms with E-state index in [1.165, 1.54) is 20.1 Å². The van der Waals surface area contributed by atoms with Crippen LogP contribution >= 0.6 is 0 Å². The maximum atomic E-state index is 14.8. The third-order valence-electron chi connectivity index (χ3n) is 5.67. The van der Waals surface area contributed by atoms with Crippen molar-refractivity contribution in [1.29, 1.82) is 0 Å². The number of H-pyrrole nitrogens is 1. The van der Waals surface area contributed by atoms with E-state index in [-0.39, 0.29) is 53.9 Å². The third kappa shape index (κ3) is 5.60. The average Bonchev–Trinajstić information content (AvgIpc) is 3.07. The molecule has 1 saturated heterocycles. The van der Waals surface area contributed by atoms with Gasteiger partial charge in [-0.15, -0.1) is 0 Å². The van der Waals surface area contributed by atoms with Gasteiger partial charge in [0.15, 0.2) is 5.78 Å². The van der Waals surface area contributed by atoms with Crippen LogP contribution in [-0.4, -0.2) is 55.1 Å². The van der Waals surface area contributed by atoms with Gasteiger partial charge in [-0.1, -0.05) is 6.07 Å². The number of rotatable bonds is 7. The summed E-state index contributed by atoms with van der Waals surface area (Å²) in [5.74, 6) is -1.61. The van der Waals surface area contributed by atoms with Crippen molar-refractivity contribution in [3.8, 4) is 0 Å². The number of Topliss-reactive ketones (excluding diaryl/α,β-unsaturated/α-hetero) is 1. The van der Waals surface area contributed by atoms with Gasteiger partial charge in [-0.05, 0) is 44.0 Å². The highest BCUT2D eigenvalue weighted by atomic mass is 19.1. The molecule has 0 aliphatic carbocycles. The molecule has 0 radical (unpaired) electrons. The van der Waals surface area contributed by atoms with Gasteiger partial charge in [0, 0.05) is 32.3 Å². The zero-order valence-corrected chi connectivity index (χ0v) is 19.6. The van der Waals surface area contributed by atoms with Crippen molar-refractivity contribution >= 4 is 23.3 Å². The van der Waals surface area contributed by atoms with Crippen molar-refractivity contribution in [2.75, 3.05) is 25.1 Å². The standard InChI is InChI=1S/C24H30FN3O5/c1-13-11-28(12-14(2)33-13)20-7-6-17(8-18(20)25)10-26-21(30)9-19-22(24(31)32-5)15(3)23(27-19)16(4)29/h6-8,13-14,27H,9-12H2,1-5H3,(H,26,30). The summed E-state index contributed by atoms with van der Waals surface area (Å²) in [5.41, 5.74) is 2.32. The molecule has 1 aliphatic heterocycles. The van der Waals surface area contributed by atoms with Gasteiger partial charge in [0.05, 0.1) is 42.7 Å². The Morgan fingerprint density at radius 1 is 1.24 bits per heavy atom. The van der Waals surface area contributed by atoms with Crippen LogP contribution in [0.3, 0.4) is 0 Å². The number of nitrogens with one attached hydrogen (secondary N) is 2. The summed E-state index contributed by atoms with van der Waals surface area (Å²) in [6, 6.07) is 4.90. The summed E-state index contributed by atoms with van der Waals surface area (Å²) in [7, 11) is 1.24. The van der Waals surface area contributed by atoms with Crippen LogP contribution in [0, 0.1) is 12.7 Å². The van der Waals surface area contributed by atoms with Crippen molar-refractivity contribution < 1.29 is 28.2 Å². The van der Waals surface area contributed by atoms with E-state index in [4.69, 9.17) is 9.47 Å². The molecule has 2 N–H and O–H groups in total. The van der Waals surface area contributed by atoms with Crippen LogP contribution in [0.4, 0.5) is 10.1 Å². The molecule has 1 amide bonds. The van der Waals surface area contributed by atoms with E-state index in [0.29, 0.717) is 35.6 Å². The van der Waals surface area contributed by atoms with Crippen LogP contribution in [0.5, 0.6) is 0 Å². The fraction of sp³-hybridized carbons (Fsp3) is 0.458. The number of esters is 1. The Labute approximate surface area is 192 Å². The molecular formula is C24H30FN3O5. The fourth-order valence-corrected chi connectivity index (χ4v) is 4.24. The predicted octanol–water partition coefficient (Wildman–Crippen LogP) is 2.92. The number of hydrogen-bond acceptors (Lipinski definition) is 6. The number of benzene rings is 1. The van der Waals surface area contributed by atoms with Gasteiger partial charge in [-0.3, -0.25) is 9.59 Å². The van der Waals surface area contributed by atoms with Crippen molar-refractivity contribution in [2.45, 2.75) is 52.9 Å². The van der Waals surface area contributed by atoms with Crippen LogP contribution in [0.2, 0.25) is 0 Å². The van der Waals surface area contributed by atoms with Crippen LogP contribution in [-0.2, 0) is 27.2 Å². The molecule has 1 aromatic carbocycles. The minimum atomic E-state index is -0.622. The summed E-state index contributed by atoms with van der Waals surface area (Å²) < 4.78 is 25.3. The second-order valence-electron chi connectivity index (χ2n) is 8.43. The van der Waals surface area contributed by atoms with Gasteiger partial charge in [-0.2, -0.15) is 0 Å². The Morgan fingerprint density at radius 3 is 2.48 bits per heavy atom. The van der Waals surface area contributed by atoms with E-state index in [1.54, 1.807) is 19.1 Å². The van der Waals surface area contributed by atoms with Gasteiger partial charge < -0.3 is 24.7 Å². The summed E-state index contributed by atoms with van der Waals surface area (Å²) in [5, 5.41) is 2.73. The van der Waals surface area contributed by atoms with Crippen molar-refractivity contribution in [3.05, 3.63) is 52.1 Å². The summed E-state index contributed by atoms with van der Waals surface area (Å²) in [4.78, 5) is 41.3. The van der Waals surface area contributed by atoms with Crippen LogP contribution in [0.15, 0.2) is 18.2 Å². The highest BCUT2D eigenvalue weighted by Crippen LogP contribution is 2.25. The third-order valence-corrected chi connectivity index (χ3v) is 5.67. The van der Waals surface area contributed by atoms with Crippen LogP contribution < -0.4 is 10.2 Å². The Hall–Kier alpha value is -3.20. The minimum absolute atomic E-state index is 0.0159. The van der Waals surface area contributed by atoms with E-state index in [1.807, 2.05) is 18.7 Å². The number of ether oxygens (including phenoxy) is 2. The number of aromatic nitrogens is 1. The lowest BCUT2D eigenvalue weighted by molar-refractivity contribution is -0.120.